The first kappa shape index (κ1) is 14.7. The van der Waals surface area contributed by atoms with Crippen LogP contribution in [0.5, 0.6) is 0 Å². The van der Waals surface area contributed by atoms with Crippen LogP contribution in [-0.2, 0) is 14.8 Å². The highest BCUT2D eigenvalue weighted by Crippen LogP contribution is 2.29. The van der Waals surface area contributed by atoms with Gasteiger partial charge in [-0.3, -0.25) is 4.79 Å². The second-order valence-electron chi connectivity index (χ2n) is 4.46. The molecule has 3 rings (SSSR count). The molecule has 21 heavy (non-hydrogen) atoms. The SMILES string of the molecule is O=C1CN(S(=O)(=O)c2cccc3c(I)cccc23)C(=S)N1. The van der Waals surface area contributed by atoms with Crippen LogP contribution < -0.4 is 5.32 Å². The van der Waals surface area contributed by atoms with Gasteiger partial charge >= 0.3 is 0 Å². The minimum Gasteiger partial charge on any atom is -0.301 e. The van der Waals surface area contributed by atoms with Crippen molar-refractivity contribution in [1.29, 1.82) is 0 Å². The number of benzene rings is 2. The average Bonchev–Trinajstić information content (AvgIpc) is 2.78. The van der Waals surface area contributed by atoms with E-state index in [1.165, 1.54) is 6.07 Å². The number of sulfonamides is 1. The van der Waals surface area contributed by atoms with Crippen molar-refractivity contribution < 1.29 is 13.2 Å². The molecule has 0 aromatic heterocycles. The van der Waals surface area contributed by atoms with Crippen molar-refractivity contribution in [1.82, 2.24) is 9.62 Å². The number of fused-ring (bicyclic) bond motifs is 1. The van der Waals surface area contributed by atoms with Crippen LogP contribution in [-0.4, -0.2) is 30.3 Å². The summed E-state index contributed by atoms with van der Waals surface area (Å²) in [6.07, 6.45) is 0. The molecule has 1 heterocycles. The second kappa shape index (κ2) is 5.18. The van der Waals surface area contributed by atoms with E-state index < -0.39 is 15.9 Å². The van der Waals surface area contributed by atoms with Crippen molar-refractivity contribution in [3.8, 4) is 0 Å². The van der Waals surface area contributed by atoms with Gasteiger partial charge in [0.15, 0.2) is 5.11 Å². The fraction of sp³-hybridized carbons (Fsp3) is 0.0769. The van der Waals surface area contributed by atoms with Gasteiger partial charge in [0.1, 0.15) is 6.54 Å². The first-order valence-electron chi connectivity index (χ1n) is 5.95. The molecule has 0 radical (unpaired) electrons. The molecule has 108 valence electrons. The first-order chi connectivity index (χ1) is 9.91. The minimum atomic E-state index is -3.86. The molecule has 0 spiro atoms. The highest BCUT2D eigenvalue weighted by molar-refractivity contribution is 14.1. The van der Waals surface area contributed by atoms with E-state index in [1.807, 2.05) is 12.1 Å². The Kier molecular flexibility index (Phi) is 3.62. The molecule has 1 aliphatic heterocycles. The summed E-state index contributed by atoms with van der Waals surface area (Å²) >= 11 is 7.09. The van der Waals surface area contributed by atoms with E-state index in [0.717, 1.165) is 13.3 Å². The largest absolute Gasteiger partial charge is 0.301 e. The van der Waals surface area contributed by atoms with Crippen molar-refractivity contribution in [3.63, 3.8) is 0 Å². The Bertz CT molecular complexity index is 880. The fourth-order valence-corrected chi connectivity index (χ4v) is 4.85. The summed E-state index contributed by atoms with van der Waals surface area (Å²) in [5.74, 6) is -0.418. The van der Waals surface area contributed by atoms with Crippen molar-refractivity contribution in [3.05, 3.63) is 40.0 Å². The molecule has 1 saturated heterocycles. The van der Waals surface area contributed by atoms with Gasteiger partial charge in [-0.2, -0.15) is 0 Å². The number of hydrogen-bond donors (Lipinski definition) is 1. The summed E-state index contributed by atoms with van der Waals surface area (Å²) in [6.45, 7) is -0.276. The first-order valence-corrected chi connectivity index (χ1v) is 8.88. The van der Waals surface area contributed by atoms with Gasteiger partial charge in [-0.15, -0.1) is 0 Å². The smallest absolute Gasteiger partial charge is 0.267 e. The van der Waals surface area contributed by atoms with Crippen LogP contribution in [0.15, 0.2) is 41.3 Å². The molecule has 1 amide bonds. The van der Waals surface area contributed by atoms with Crippen LogP contribution >= 0.6 is 34.8 Å². The van der Waals surface area contributed by atoms with E-state index in [-0.39, 0.29) is 16.6 Å². The fourth-order valence-electron chi connectivity index (χ4n) is 2.20. The third-order valence-corrected chi connectivity index (χ3v) is 6.34. The van der Waals surface area contributed by atoms with Crippen LogP contribution in [0, 0.1) is 3.57 Å². The maximum atomic E-state index is 12.8. The van der Waals surface area contributed by atoms with Gasteiger partial charge < -0.3 is 5.32 Å². The Morgan fingerprint density at radius 3 is 2.48 bits per heavy atom. The molecule has 8 heteroatoms. The number of nitrogens with zero attached hydrogens (tertiary/aromatic N) is 1. The maximum Gasteiger partial charge on any atom is 0.267 e. The van der Waals surface area contributed by atoms with Gasteiger partial charge in [-0.05, 0) is 52.3 Å². The van der Waals surface area contributed by atoms with E-state index in [0.29, 0.717) is 5.39 Å². The Morgan fingerprint density at radius 2 is 1.81 bits per heavy atom. The zero-order chi connectivity index (χ0) is 15.2. The molecule has 0 aliphatic carbocycles. The Hall–Kier alpha value is -1.26. The Morgan fingerprint density at radius 1 is 1.14 bits per heavy atom. The third kappa shape index (κ3) is 2.40. The molecule has 2 aromatic carbocycles. The highest BCUT2D eigenvalue weighted by atomic mass is 127. The van der Waals surface area contributed by atoms with Crippen LogP contribution in [0.3, 0.4) is 0 Å². The van der Waals surface area contributed by atoms with Gasteiger partial charge in [-0.25, -0.2) is 12.7 Å². The molecule has 0 atom stereocenters. The number of nitrogens with one attached hydrogen (secondary N) is 1. The van der Waals surface area contributed by atoms with E-state index in [4.69, 9.17) is 12.2 Å². The van der Waals surface area contributed by atoms with Crippen molar-refractivity contribution in [2.45, 2.75) is 4.90 Å². The van der Waals surface area contributed by atoms with Crippen LogP contribution in [0.2, 0.25) is 0 Å². The average molecular weight is 432 g/mol. The highest BCUT2D eigenvalue weighted by Gasteiger charge is 2.35. The van der Waals surface area contributed by atoms with E-state index in [9.17, 15) is 13.2 Å². The number of carbonyl (C=O) groups is 1. The van der Waals surface area contributed by atoms with Crippen molar-refractivity contribution >= 4 is 66.6 Å². The van der Waals surface area contributed by atoms with Crippen LogP contribution in [0.4, 0.5) is 0 Å². The predicted octanol–water partition coefficient (Wildman–Crippen LogP) is 1.85. The standard InChI is InChI=1S/C13H9IN2O3S2/c14-10-5-1-4-9-8(10)3-2-6-11(9)21(18,19)16-7-12(17)15-13(16)20/h1-6H,7H2,(H,15,17,20). The molecule has 0 unspecified atom stereocenters. The molecule has 1 fully saturated rings. The summed E-state index contributed by atoms with van der Waals surface area (Å²) in [6, 6.07) is 10.5. The lowest BCUT2D eigenvalue weighted by Gasteiger charge is -2.17. The third-order valence-electron chi connectivity index (χ3n) is 3.16. The van der Waals surface area contributed by atoms with E-state index in [1.54, 1.807) is 18.2 Å². The van der Waals surface area contributed by atoms with Gasteiger partial charge in [0, 0.05) is 8.96 Å². The summed E-state index contributed by atoms with van der Waals surface area (Å²) in [5.41, 5.74) is 0. The number of thiocarbonyl (C=S) groups is 1. The van der Waals surface area contributed by atoms with E-state index >= 15 is 0 Å². The lowest BCUT2D eigenvalue weighted by molar-refractivity contribution is -0.118. The van der Waals surface area contributed by atoms with Crippen LogP contribution in [0.1, 0.15) is 0 Å². The summed E-state index contributed by atoms with van der Waals surface area (Å²) < 4.78 is 27.4. The second-order valence-corrected chi connectivity index (χ2v) is 7.84. The number of hydrogen-bond acceptors (Lipinski definition) is 4. The van der Waals surface area contributed by atoms with Gasteiger partial charge in [-0.1, -0.05) is 24.3 Å². The lowest BCUT2D eigenvalue weighted by atomic mass is 10.1. The van der Waals surface area contributed by atoms with E-state index in [2.05, 4.69) is 27.9 Å². The number of halogens is 1. The zero-order valence-corrected chi connectivity index (χ0v) is 14.3. The van der Waals surface area contributed by atoms with Gasteiger partial charge in [0.2, 0.25) is 5.91 Å². The quantitative estimate of drug-likeness (QED) is 0.581. The molecule has 1 aliphatic rings. The molecule has 1 N–H and O–H groups in total. The lowest BCUT2D eigenvalue weighted by Crippen LogP contribution is -2.34. The number of amides is 1. The van der Waals surface area contributed by atoms with Gasteiger partial charge in [0.05, 0.1) is 4.90 Å². The Balaban J connectivity index is 2.23. The summed E-state index contributed by atoms with van der Waals surface area (Å²) in [7, 11) is -3.86. The zero-order valence-electron chi connectivity index (χ0n) is 10.5. The number of carbonyl (C=O) groups excluding carboxylic acids is 1. The predicted molar refractivity (Wildman–Crippen MR) is 91.3 cm³/mol. The molecular weight excluding hydrogens is 423 g/mol. The molecule has 0 saturated carbocycles. The molecule has 5 nitrogen and oxygen atoms in total. The monoisotopic (exact) mass is 432 g/mol. The Labute approximate surface area is 140 Å². The van der Waals surface area contributed by atoms with Crippen molar-refractivity contribution in [2.24, 2.45) is 0 Å². The van der Waals surface area contributed by atoms with Crippen LogP contribution in [0.25, 0.3) is 10.8 Å². The van der Waals surface area contributed by atoms with Crippen molar-refractivity contribution in [2.75, 3.05) is 6.54 Å². The maximum absolute atomic E-state index is 12.8. The van der Waals surface area contributed by atoms with Gasteiger partial charge in [0.25, 0.3) is 10.0 Å². The number of rotatable bonds is 2. The molecular formula is C13H9IN2O3S2. The topological polar surface area (TPSA) is 66.5 Å². The normalized spacial score (nSPS) is 15.6. The summed E-state index contributed by atoms with van der Waals surface area (Å²) in [5, 5.41) is 3.73. The minimum absolute atomic E-state index is 0.0809. The summed E-state index contributed by atoms with van der Waals surface area (Å²) in [4.78, 5) is 11.5. The molecule has 0 bridgehead atoms. The molecule has 2 aromatic rings.